The van der Waals surface area contributed by atoms with Gasteiger partial charge >= 0.3 is 0 Å². The van der Waals surface area contributed by atoms with E-state index in [0.29, 0.717) is 31.1 Å². The first kappa shape index (κ1) is 19.0. The second-order valence-corrected chi connectivity index (χ2v) is 7.17. The van der Waals surface area contributed by atoms with Crippen molar-refractivity contribution in [2.75, 3.05) is 25.1 Å². The molecule has 1 aliphatic rings. The third-order valence-electron chi connectivity index (χ3n) is 5.35. The first-order chi connectivity index (χ1) is 14.1. The van der Waals surface area contributed by atoms with E-state index < -0.39 is 0 Å². The molecule has 2 aromatic carbocycles. The van der Waals surface area contributed by atoms with Crippen LogP contribution in [0.1, 0.15) is 12.2 Å². The molecular formula is C22H24N4O3. The van der Waals surface area contributed by atoms with Gasteiger partial charge in [-0.15, -0.1) is 0 Å². The van der Waals surface area contributed by atoms with Gasteiger partial charge in [0.15, 0.2) is 0 Å². The summed E-state index contributed by atoms with van der Waals surface area (Å²) in [5.41, 5.74) is 2.71. The Morgan fingerprint density at radius 2 is 1.97 bits per heavy atom. The number of fused-ring (bicyclic) bond motifs is 1. The molecule has 1 fully saturated rings. The molecule has 150 valence electrons. The number of nitrogens with one attached hydrogen (secondary N) is 1. The molecule has 0 bridgehead atoms. The van der Waals surface area contributed by atoms with E-state index in [-0.39, 0.29) is 24.2 Å². The molecule has 3 aromatic rings. The third-order valence-corrected chi connectivity index (χ3v) is 5.35. The smallest absolute Gasteiger partial charge is 0.227 e. The van der Waals surface area contributed by atoms with Crippen molar-refractivity contribution in [3.63, 3.8) is 0 Å². The normalized spacial score (nSPS) is 16.4. The van der Waals surface area contributed by atoms with E-state index in [1.807, 2.05) is 55.5 Å². The van der Waals surface area contributed by atoms with Gasteiger partial charge in [-0.2, -0.15) is 0 Å². The van der Waals surface area contributed by atoms with Gasteiger partial charge in [0.2, 0.25) is 11.8 Å². The van der Waals surface area contributed by atoms with Gasteiger partial charge < -0.3 is 19.5 Å². The monoisotopic (exact) mass is 392 g/mol. The molecule has 0 unspecified atom stereocenters. The van der Waals surface area contributed by atoms with Crippen molar-refractivity contribution in [3.8, 4) is 5.75 Å². The van der Waals surface area contributed by atoms with Crippen LogP contribution in [0.4, 0.5) is 5.69 Å². The van der Waals surface area contributed by atoms with Crippen molar-refractivity contribution in [1.29, 1.82) is 0 Å². The van der Waals surface area contributed by atoms with E-state index in [0.717, 1.165) is 16.9 Å². The summed E-state index contributed by atoms with van der Waals surface area (Å²) in [5.74, 6) is 1.01. The average molecular weight is 392 g/mol. The lowest BCUT2D eigenvalue weighted by Gasteiger charge is -2.19. The van der Waals surface area contributed by atoms with Gasteiger partial charge in [-0.3, -0.25) is 9.59 Å². The maximum Gasteiger partial charge on any atom is 0.227 e. The Morgan fingerprint density at radius 1 is 1.21 bits per heavy atom. The van der Waals surface area contributed by atoms with Crippen molar-refractivity contribution < 1.29 is 14.3 Å². The van der Waals surface area contributed by atoms with Gasteiger partial charge in [0.05, 0.1) is 29.7 Å². The van der Waals surface area contributed by atoms with Crippen LogP contribution in [-0.4, -0.2) is 41.6 Å². The van der Waals surface area contributed by atoms with Crippen molar-refractivity contribution >= 4 is 28.5 Å². The Balaban J connectivity index is 1.38. The lowest BCUT2D eigenvalue weighted by molar-refractivity contribution is -0.126. The fourth-order valence-corrected chi connectivity index (χ4v) is 3.88. The number of para-hydroxylation sites is 4. The fraction of sp³-hybridized carbons (Fsp3) is 0.318. The summed E-state index contributed by atoms with van der Waals surface area (Å²) >= 11 is 0. The summed E-state index contributed by atoms with van der Waals surface area (Å²) in [5, 5.41) is 2.98. The third kappa shape index (κ3) is 3.68. The summed E-state index contributed by atoms with van der Waals surface area (Å²) in [6, 6.07) is 15.3. The largest absolute Gasteiger partial charge is 0.495 e. The lowest BCUT2D eigenvalue weighted by atomic mass is 10.1. The Morgan fingerprint density at radius 3 is 2.79 bits per heavy atom. The second-order valence-electron chi connectivity index (χ2n) is 7.17. The number of hydrogen-bond donors (Lipinski definition) is 1. The Kier molecular flexibility index (Phi) is 5.20. The molecular weight excluding hydrogens is 368 g/mol. The summed E-state index contributed by atoms with van der Waals surface area (Å²) in [6.45, 7) is 3.44. The number of benzene rings is 2. The summed E-state index contributed by atoms with van der Waals surface area (Å²) in [7, 11) is 1.57. The van der Waals surface area contributed by atoms with Crippen LogP contribution in [0.15, 0.2) is 48.5 Å². The number of ether oxygens (including phenoxy) is 1. The van der Waals surface area contributed by atoms with Gasteiger partial charge in [-0.1, -0.05) is 24.3 Å². The standard InChI is InChI=1S/C22H24N4O3/c1-15-24-17-7-3-4-8-18(17)25(15)12-11-23-22(28)16-13-21(27)26(14-16)19-9-5-6-10-20(19)29-2/h3-10,16H,11-14H2,1-2H3,(H,23,28)/t16-/m1/s1. The van der Waals surface area contributed by atoms with E-state index in [1.165, 1.54) is 0 Å². The minimum atomic E-state index is -0.368. The van der Waals surface area contributed by atoms with Gasteiger partial charge in [-0.25, -0.2) is 4.98 Å². The van der Waals surface area contributed by atoms with Crippen LogP contribution in [-0.2, 0) is 16.1 Å². The van der Waals surface area contributed by atoms with Gasteiger partial charge in [0.25, 0.3) is 0 Å². The van der Waals surface area contributed by atoms with Gasteiger partial charge in [0.1, 0.15) is 11.6 Å². The zero-order valence-electron chi connectivity index (χ0n) is 16.6. The molecule has 29 heavy (non-hydrogen) atoms. The lowest BCUT2D eigenvalue weighted by Crippen LogP contribution is -2.35. The Hall–Kier alpha value is -3.35. The molecule has 0 spiro atoms. The minimum Gasteiger partial charge on any atom is -0.495 e. The highest BCUT2D eigenvalue weighted by Crippen LogP contribution is 2.32. The van der Waals surface area contributed by atoms with E-state index >= 15 is 0 Å². The number of aromatic nitrogens is 2. The highest BCUT2D eigenvalue weighted by molar-refractivity contribution is 6.01. The van der Waals surface area contributed by atoms with E-state index in [2.05, 4.69) is 14.9 Å². The molecule has 0 radical (unpaired) electrons. The number of hydrogen-bond acceptors (Lipinski definition) is 4. The number of rotatable bonds is 6. The molecule has 0 aliphatic carbocycles. The zero-order chi connectivity index (χ0) is 20.4. The van der Waals surface area contributed by atoms with Crippen molar-refractivity contribution in [2.45, 2.75) is 19.9 Å². The summed E-state index contributed by atoms with van der Waals surface area (Å²) in [4.78, 5) is 31.3. The summed E-state index contributed by atoms with van der Waals surface area (Å²) < 4.78 is 7.45. The number of nitrogens with zero attached hydrogens (tertiary/aromatic N) is 3. The first-order valence-electron chi connectivity index (χ1n) is 9.71. The van der Waals surface area contributed by atoms with Crippen molar-refractivity contribution in [1.82, 2.24) is 14.9 Å². The van der Waals surface area contributed by atoms with Crippen LogP contribution in [0.3, 0.4) is 0 Å². The van der Waals surface area contributed by atoms with E-state index in [1.54, 1.807) is 12.0 Å². The maximum atomic E-state index is 12.7. The Labute approximate surface area is 169 Å². The maximum absolute atomic E-state index is 12.7. The SMILES string of the molecule is COc1ccccc1N1C[C@H](C(=O)NCCn2c(C)nc3ccccc32)CC1=O. The number of amides is 2. The molecule has 1 aliphatic heterocycles. The number of aryl methyl sites for hydroxylation is 1. The van der Waals surface area contributed by atoms with Crippen LogP contribution >= 0.6 is 0 Å². The molecule has 1 N–H and O–H groups in total. The highest BCUT2D eigenvalue weighted by Gasteiger charge is 2.36. The average Bonchev–Trinajstić information content (AvgIpc) is 3.27. The Bertz CT molecular complexity index is 1060. The van der Waals surface area contributed by atoms with Gasteiger partial charge in [-0.05, 0) is 31.2 Å². The molecule has 1 aromatic heterocycles. The zero-order valence-corrected chi connectivity index (χ0v) is 16.6. The molecule has 1 atom stereocenters. The number of carbonyl (C=O) groups is 2. The molecule has 7 nitrogen and oxygen atoms in total. The van der Waals surface area contributed by atoms with Crippen molar-refractivity contribution in [3.05, 3.63) is 54.4 Å². The molecule has 1 saturated heterocycles. The molecule has 2 heterocycles. The fourth-order valence-electron chi connectivity index (χ4n) is 3.88. The molecule has 0 saturated carbocycles. The molecule has 7 heteroatoms. The summed E-state index contributed by atoms with van der Waals surface area (Å²) in [6.07, 6.45) is 0.205. The van der Waals surface area contributed by atoms with Crippen LogP contribution in [0.25, 0.3) is 11.0 Å². The highest BCUT2D eigenvalue weighted by atomic mass is 16.5. The van der Waals surface area contributed by atoms with Crippen molar-refractivity contribution in [2.24, 2.45) is 5.92 Å². The number of anilines is 1. The molecule has 2 amide bonds. The predicted octanol–water partition coefficient (Wildman–Crippen LogP) is 2.52. The van der Waals surface area contributed by atoms with Crippen LogP contribution < -0.4 is 15.0 Å². The predicted molar refractivity (Wildman–Crippen MR) is 111 cm³/mol. The van der Waals surface area contributed by atoms with Crippen LogP contribution in [0, 0.1) is 12.8 Å². The second kappa shape index (κ2) is 7.95. The van der Waals surface area contributed by atoms with Gasteiger partial charge in [0, 0.05) is 26.1 Å². The molecule has 4 rings (SSSR count). The number of imidazole rings is 1. The number of methoxy groups -OCH3 is 1. The van der Waals surface area contributed by atoms with E-state index in [9.17, 15) is 9.59 Å². The quantitative estimate of drug-likeness (QED) is 0.699. The topological polar surface area (TPSA) is 76.5 Å². The minimum absolute atomic E-state index is 0.0638. The first-order valence-corrected chi connectivity index (χ1v) is 9.71. The van der Waals surface area contributed by atoms with E-state index in [4.69, 9.17) is 4.74 Å². The van der Waals surface area contributed by atoms with Crippen LogP contribution in [0.2, 0.25) is 0 Å². The van der Waals surface area contributed by atoms with Crippen LogP contribution in [0.5, 0.6) is 5.75 Å². The number of carbonyl (C=O) groups excluding carboxylic acids is 2.